The van der Waals surface area contributed by atoms with E-state index in [2.05, 4.69) is 5.32 Å². The van der Waals surface area contributed by atoms with Crippen LogP contribution in [-0.4, -0.2) is 17.8 Å². The molecule has 1 rings (SSSR count). The van der Waals surface area contributed by atoms with Gasteiger partial charge in [-0.2, -0.15) is 5.26 Å². The first-order valence-electron chi connectivity index (χ1n) is 4.79. The molecule has 0 aromatic heterocycles. The molecule has 80 valence electrons. The summed E-state index contributed by atoms with van der Waals surface area (Å²) in [6.07, 6.45) is 0.269. The topological polar surface area (TPSA) is 56.0 Å². The largest absolute Gasteiger partial charge is 0.391 e. The number of halogens is 1. The Morgan fingerprint density at radius 2 is 2.33 bits per heavy atom. The van der Waals surface area contributed by atoms with Crippen LogP contribution in [0.2, 0.25) is 5.02 Å². The van der Waals surface area contributed by atoms with Crippen molar-refractivity contribution in [1.82, 2.24) is 0 Å². The molecule has 0 radical (unpaired) electrons. The lowest BCUT2D eigenvalue weighted by atomic mass is 10.2. The first kappa shape index (κ1) is 11.8. The highest BCUT2D eigenvalue weighted by Gasteiger charge is 2.07. The van der Waals surface area contributed by atoms with Crippen molar-refractivity contribution in [3.05, 3.63) is 28.8 Å². The highest BCUT2D eigenvalue weighted by Crippen LogP contribution is 2.23. The molecule has 2 N–H and O–H groups in total. The lowest BCUT2D eigenvalue weighted by molar-refractivity contribution is 0.183. The first-order valence-corrected chi connectivity index (χ1v) is 5.17. The van der Waals surface area contributed by atoms with Crippen molar-refractivity contribution in [3.63, 3.8) is 0 Å². The molecule has 0 amide bonds. The number of nitriles is 1. The Hall–Kier alpha value is -1.24. The highest BCUT2D eigenvalue weighted by molar-refractivity contribution is 6.32. The standard InChI is InChI=1S/C11H13ClN2O/c1-2-8(15)7-14-11-5-3-4-10(12)9(11)6-13/h3-5,8,14-15H,2,7H2,1H3. The average molecular weight is 225 g/mol. The van der Waals surface area contributed by atoms with Gasteiger partial charge in [0.25, 0.3) is 0 Å². The Bertz CT molecular complexity index is 373. The van der Waals surface area contributed by atoms with Gasteiger partial charge in [-0.3, -0.25) is 0 Å². The molecule has 0 aliphatic rings. The molecule has 0 fully saturated rings. The minimum atomic E-state index is -0.407. The van der Waals surface area contributed by atoms with E-state index in [1.807, 2.05) is 13.0 Å². The van der Waals surface area contributed by atoms with Gasteiger partial charge in [-0.1, -0.05) is 24.6 Å². The van der Waals surface area contributed by atoms with Crippen molar-refractivity contribution in [3.8, 4) is 6.07 Å². The summed E-state index contributed by atoms with van der Waals surface area (Å²) in [6.45, 7) is 2.32. The summed E-state index contributed by atoms with van der Waals surface area (Å²) in [5.41, 5.74) is 1.08. The molecular formula is C11H13ClN2O. The van der Waals surface area contributed by atoms with Gasteiger partial charge in [0, 0.05) is 6.54 Å². The number of hydrogen-bond acceptors (Lipinski definition) is 3. The van der Waals surface area contributed by atoms with Crippen molar-refractivity contribution in [2.75, 3.05) is 11.9 Å². The Morgan fingerprint density at radius 3 is 2.93 bits per heavy atom. The van der Waals surface area contributed by atoms with Crippen LogP contribution in [0.1, 0.15) is 18.9 Å². The first-order chi connectivity index (χ1) is 7.19. The SMILES string of the molecule is CCC(O)CNc1cccc(Cl)c1C#N. The minimum Gasteiger partial charge on any atom is -0.391 e. The molecule has 0 aliphatic heterocycles. The normalized spacial score (nSPS) is 11.9. The number of aliphatic hydroxyl groups excluding tert-OH is 1. The van der Waals surface area contributed by atoms with E-state index in [-0.39, 0.29) is 0 Å². The molecular weight excluding hydrogens is 212 g/mol. The number of hydrogen-bond donors (Lipinski definition) is 2. The van der Waals surface area contributed by atoms with Crippen molar-refractivity contribution in [1.29, 1.82) is 5.26 Å². The van der Waals surface area contributed by atoms with E-state index in [0.717, 1.165) is 0 Å². The highest BCUT2D eigenvalue weighted by atomic mass is 35.5. The zero-order valence-corrected chi connectivity index (χ0v) is 9.25. The molecule has 1 atom stereocenters. The minimum absolute atomic E-state index is 0.407. The molecule has 0 spiro atoms. The summed E-state index contributed by atoms with van der Waals surface area (Å²) in [5.74, 6) is 0. The van der Waals surface area contributed by atoms with Crippen molar-refractivity contribution >= 4 is 17.3 Å². The summed E-state index contributed by atoms with van der Waals surface area (Å²) < 4.78 is 0. The number of benzene rings is 1. The third-order valence-corrected chi connectivity index (χ3v) is 2.44. The monoisotopic (exact) mass is 224 g/mol. The Kier molecular flexibility index (Phi) is 4.41. The van der Waals surface area contributed by atoms with Crippen molar-refractivity contribution in [2.45, 2.75) is 19.4 Å². The number of rotatable bonds is 4. The number of nitrogens with zero attached hydrogens (tertiary/aromatic N) is 1. The van der Waals surface area contributed by atoms with Gasteiger partial charge in [-0.05, 0) is 18.6 Å². The van der Waals surface area contributed by atoms with E-state index in [4.69, 9.17) is 16.9 Å². The quantitative estimate of drug-likeness (QED) is 0.826. The van der Waals surface area contributed by atoms with Gasteiger partial charge in [-0.25, -0.2) is 0 Å². The van der Waals surface area contributed by atoms with Crippen LogP contribution in [-0.2, 0) is 0 Å². The zero-order chi connectivity index (χ0) is 11.3. The third kappa shape index (κ3) is 3.12. The maximum absolute atomic E-state index is 9.37. The summed E-state index contributed by atoms with van der Waals surface area (Å²) in [4.78, 5) is 0. The van der Waals surface area contributed by atoms with Crippen LogP contribution in [0, 0.1) is 11.3 Å². The molecule has 4 heteroatoms. The Morgan fingerprint density at radius 1 is 1.60 bits per heavy atom. The van der Waals surface area contributed by atoms with Gasteiger partial charge >= 0.3 is 0 Å². The Labute approximate surface area is 94.3 Å². The van der Waals surface area contributed by atoms with E-state index in [0.29, 0.717) is 29.2 Å². The summed E-state index contributed by atoms with van der Waals surface area (Å²) in [7, 11) is 0. The number of nitrogens with one attached hydrogen (secondary N) is 1. The van der Waals surface area contributed by atoms with Crippen LogP contribution >= 0.6 is 11.6 Å². The van der Waals surface area contributed by atoms with Crippen LogP contribution < -0.4 is 5.32 Å². The lowest BCUT2D eigenvalue weighted by Gasteiger charge is -2.12. The number of aliphatic hydroxyl groups is 1. The van der Waals surface area contributed by atoms with E-state index in [1.165, 1.54) is 0 Å². The van der Waals surface area contributed by atoms with Gasteiger partial charge in [0.15, 0.2) is 0 Å². The third-order valence-electron chi connectivity index (χ3n) is 2.12. The second kappa shape index (κ2) is 5.59. The molecule has 0 saturated carbocycles. The maximum Gasteiger partial charge on any atom is 0.103 e. The smallest absolute Gasteiger partial charge is 0.103 e. The van der Waals surface area contributed by atoms with Crippen LogP contribution in [0.5, 0.6) is 0 Å². The van der Waals surface area contributed by atoms with Crippen LogP contribution in [0.15, 0.2) is 18.2 Å². The van der Waals surface area contributed by atoms with Gasteiger partial charge in [0.2, 0.25) is 0 Å². The zero-order valence-electron chi connectivity index (χ0n) is 8.50. The van der Waals surface area contributed by atoms with E-state index in [1.54, 1.807) is 18.2 Å². The molecule has 0 saturated heterocycles. The molecule has 15 heavy (non-hydrogen) atoms. The molecule has 1 aromatic carbocycles. The summed E-state index contributed by atoms with van der Waals surface area (Å²) in [5, 5.41) is 21.7. The average Bonchev–Trinajstić information content (AvgIpc) is 2.25. The molecule has 0 aliphatic carbocycles. The Balaban J connectivity index is 2.77. The van der Waals surface area contributed by atoms with E-state index >= 15 is 0 Å². The van der Waals surface area contributed by atoms with Crippen molar-refractivity contribution in [2.24, 2.45) is 0 Å². The fourth-order valence-electron chi connectivity index (χ4n) is 1.16. The maximum atomic E-state index is 9.37. The van der Waals surface area contributed by atoms with Crippen LogP contribution in [0.25, 0.3) is 0 Å². The van der Waals surface area contributed by atoms with Crippen LogP contribution in [0.4, 0.5) is 5.69 Å². The van der Waals surface area contributed by atoms with E-state index in [9.17, 15) is 5.11 Å². The van der Waals surface area contributed by atoms with Crippen molar-refractivity contribution < 1.29 is 5.11 Å². The van der Waals surface area contributed by atoms with E-state index < -0.39 is 6.10 Å². The van der Waals surface area contributed by atoms with Crippen LogP contribution in [0.3, 0.4) is 0 Å². The second-order valence-corrected chi connectivity index (χ2v) is 3.62. The molecule has 3 nitrogen and oxygen atoms in total. The molecule has 0 heterocycles. The molecule has 0 bridgehead atoms. The lowest BCUT2D eigenvalue weighted by Crippen LogP contribution is -2.18. The second-order valence-electron chi connectivity index (χ2n) is 3.22. The summed E-state index contributed by atoms with van der Waals surface area (Å²) >= 11 is 5.85. The predicted octanol–water partition coefficient (Wildman–Crippen LogP) is 2.39. The van der Waals surface area contributed by atoms with Gasteiger partial charge < -0.3 is 10.4 Å². The predicted molar refractivity (Wildman–Crippen MR) is 61.0 cm³/mol. The fourth-order valence-corrected chi connectivity index (χ4v) is 1.37. The molecule has 1 aromatic rings. The van der Waals surface area contributed by atoms with Gasteiger partial charge in [-0.15, -0.1) is 0 Å². The molecule has 1 unspecified atom stereocenters. The van der Waals surface area contributed by atoms with Gasteiger partial charge in [0.1, 0.15) is 6.07 Å². The summed E-state index contributed by atoms with van der Waals surface area (Å²) in [6, 6.07) is 7.24. The van der Waals surface area contributed by atoms with Gasteiger partial charge in [0.05, 0.1) is 22.4 Å². The fraction of sp³-hybridized carbons (Fsp3) is 0.364. The number of anilines is 1.